The van der Waals surface area contributed by atoms with Gasteiger partial charge in [0.1, 0.15) is 0 Å². The van der Waals surface area contributed by atoms with Gasteiger partial charge in [-0.1, -0.05) is 13.8 Å². The van der Waals surface area contributed by atoms with Gasteiger partial charge in [-0.15, -0.1) is 0 Å². The fourth-order valence-electron chi connectivity index (χ4n) is 1.92. The Morgan fingerprint density at radius 1 is 1.42 bits per heavy atom. The van der Waals surface area contributed by atoms with Crippen LogP contribution in [0.1, 0.15) is 30.6 Å². The summed E-state index contributed by atoms with van der Waals surface area (Å²) in [4.78, 5) is 23.6. The number of hydrogen-bond donors (Lipinski definition) is 1. The molecule has 19 heavy (non-hydrogen) atoms. The van der Waals surface area contributed by atoms with Gasteiger partial charge in [0.2, 0.25) is 0 Å². The second kappa shape index (κ2) is 4.66. The molecule has 0 aliphatic carbocycles. The number of aromatic nitrogens is 1. The number of aryl methyl sites for hydroxylation is 1. The summed E-state index contributed by atoms with van der Waals surface area (Å²) < 4.78 is 6.49. The van der Waals surface area contributed by atoms with Crippen molar-refractivity contribution in [3.63, 3.8) is 0 Å². The van der Waals surface area contributed by atoms with Crippen LogP contribution < -0.4 is 11.5 Å². The summed E-state index contributed by atoms with van der Waals surface area (Å²) in [5, 5.41) is 0. The van der Waals surface area contributed by atoms with Crippen LogP contribution in [0.3, 0.4) is 0 Å². The molecule has 2 rings (SSSR count). The molecule has 102 valence electrons. The minimum Gasteiger partial charge on any atom is -0.408 e. The highest BCUT2D eigenvalue weighted by Crippen LogP contribution is 2.23. The van der Waals surface area contributed by atoms with Crippen LogP contribution in [-0.2, 0) is 7.05 Å². The van der Waals surface area contributed by atoms with E-state index < -0.39 is 5.76 Å². The Morgan fingerprint density at radius 3 is 2.74 bits per heavy atom. The third-order valence-electron chi connectivity index (χ3n) is 3.31. The van der Waals surface area contributed by atoms with Crippen LogP contribution in [0.2, 0.25) is 0 Å². The highest BCUT2D eigenvalue weighted by atomic mass is 16.4. The average molecular weight is 262 g/mol. The standard InChI is InChI=1S/C14H18N2O3/c1-14(2,8-15)7-11(17)9-4-5-10-12(6-9)19-13(18)16(10)3/h4-6H,7-8,15H2,1-3H3. The lowest BCUT2D eigenvalue weighted by atomic mass is 9.86. The Bertz CT molecular complexity index is 680. The van der Waals surface area contributed by atoms with E-state index in [1.165, 1.54) is 4.57 Å². The van der Waals surface area contributed by atoms with E-state index in [1.807, 2.05) is 13.8 Å². The van der Waals surface area contributed by atoms with Crippen LogP contribution in [-0.4, -0.2) is 16.9 Å². The quantitative estimate of drug-likeness (QED) is 0.850. The van der Waals surface area contributed by atoms with Crippen molar-refractivity contribution < 1.29 is 9.21 Å². The Labute approximate surface area is 111 Å². The van der Waals surface area contributed by atoms with Crippen molar-refractivity contribution in [2.75, 3.05) is 6.54 Å². The molecular formula is C14H18N2O3. The number of oxazole rings is 1. The summed E-state index contributed by atoms with van der Waals surface area (Å²) in [6, 6.07) is 5.06. The van der Waals surface area contributed by atoms with Crippen molar-refractivity contribution in [2.45, 2.75) is 20.3 Å². The van der Waals surface area contributed by atoms with E-state index >= 15 is 0 Å². The molecule has 0 bridgehead atoms. The van der Waals surface area contributed by atoms with Crippen molar-refractivity contribution in [1.82, 2.24) is 4.57 Å². The molecule has 5 nitrogen and oxygen atoms in total. The first-order valence-electron chi connectivity index (χ1n) is 6.17. The maximum Gasteiger partial charge on any atom is 0.419 e. The number of benzene rings is 1. The molecule has 0 amide bonds. The fraction of sp³-hybridized carbons (Fsp3) is 0.429. The second-order valence-electron chi connectivity index (χ2n) is 5.58. The largest absolute Gasteiger partial charge is 0.419 e. The van der Waals surface area contributed by atoms with E-state index in [0.29, 0.717) is 29.6 Å². The first-order valence-corrected chi connectivity index (χ1v) is 6.17. The van der Waals surface area contributed by atoms with Crippen molar-refractivity contribution in [3.8, 4) is 0 Å². The monoisotopic (exact) mass is 262 g/mol. The van der Waals surface area contributed by atoms with E-state index in [1.54, 1.807) is 25.2 Å². The van der Waals surface area contributed by atoms with E-state index in [0.717, 1.165) is 0 Å². The van der Waals surface area contributed by atoms with Gasteiger partial charge in [0.15, 0.2) is 11.4 Å². The number of carbonyl (C=O) groups is 1. The van der Waals surface area contributed by atoms with Crippen molar-refractivity contribution in [1.29, 1.82) is 0 Å². The van der Waals surface area contributed by atoms with E-state index in [4.69, 9.17) is 10.2 Å². The van der Waals surface area contributed by atoms with Crippen molar-refractivity contribution in [2.24, 2.45) is 18.2 Å². The molecule has 1 heterocycles. The summed E-state index contributed by atoms with van der Waals surface area (Å²) in [5.74, 6) is -0.425. The molecule has 0 atom stereocenters. The van der Waals surface area contributed by atoms with Gasteiger partial charge in [-0.2, -0.15) is 0 Å². The number of nitrogens with zero attached hydrogens (tertiary/aromatic N) is 1. The third kappa shape index (κ3) is 2.61. The highest BCUT2D eigenvalue weighted by molar-refractivity contribution is 5.98. The smallest absolute Gasteiger partial charge is 0.408 e. The summed E-state index contributed by atoms with van der Waals surface area (Å²) in [6.07, 6.45) is 0.367. The number of hydrogen-bond acceptors (Lipinski definition) is 4. The summed E-state index contributed by atoms with van der Waals surface area (Å²) >= 11 is 0. The zero-order valence-corrected chi connectivity index (χ0v) is 11.4. The first kappa shape index (κ1) is 13.5. The number of fused-ring (bicyclic) bond motifs is 1. The van der Waals surface area contributed by atoms with Gasteiger partial charge in [0, 0.05) is 19.0 Å². The molecule has 0 saturated heterocycles. The van der Waals surface area contributed by atoms with Crippen LogP contribution in [0.4, 0.5) is 0 Å². The molecule has 1 aromatic heterocycles. The van der Waals surface area contributed by atoms with Crippen LogP contribution in [0.25, 0.3) is 11.1 Å². The average Bonchev–Trinajstić information content (AvgIpc) is 2.64. The highest BCUT2D eigenvalue weighted by Gasteiger charge is 2.21. The molecule has 2 aromatic rings. The normalized spacial score (nSPS) is 12.0. The van der Waals surface area contributed by atoms with E-state index in [9.17, 15) is 9.59 Å². The van der Waals surface area contributed by atoms with Crippen molar-refractivity contribution in [3.05, 3.63) is 34.3 Å². The van der Waals surface area contributed by atoms with Crippen LogP contribution in [0.5, 0.6) is 0 Å². The van der Waals surface area contributed by atoms with Crippen LogP contribution in [0.15, 0.2) is 27.4 Å². The van der Waals surface area contributed by atoms with E-state index in [-0.39, 0.29) is 11.2 Å². The number of rotatable bonds is 4. The number of nitrogens with two attached hydrogens (primary N) is 1. The Morgan fingerprint density at radius 2 is 2.11 bits per heavy atom. The van der Waals surface area contributed by atoms with Crippen molar-refractivity contribution >= 4 is 16.9 Å². The van der Waals surface area contributed by atoms with Gasteiger partial charge < -0.3 is 10.2 Å². The first-order chi connectivity index (χ1) is 8.84. The molecule has 0 aliphatic heterocycles. The number of carbonyl (C=O) groups excluding carboxylic acids is 1. The number of Topliss-reactive ketones (excluding diaryl/α,β-unsaturated/α-hetero) is 1. The van der Waals surface area contributed by atoms with Crippen LogP contribution in [0, 0.1) is 5.41 Å². The molecule has 5 heteroatoms. The van der Waals surface area contributed by atoms with Gasteiger partial charge in [-0.3, -0.25) is 9.36 Å². The SMILES string of the molecule is Cn1c(=O)oc2cc(C(=O)CC(C)(C)CN)ccc21. The lowest BCUT2D eigenvalue weighted by molar-refractivity contribution is 0.0935. The number of ketones is 1. The second-order valence-corrected chi connectivity index (χ2v) is 5.58. The van der Waals surface area contributed by atoms with Gasteiger partial charge in [-0.05, 0) is 30.2 Å². The minimum atomic E-state index is -0.429. The van der Waals surface area contributed by atoms with Gasteiger partial charge in [-0.25, -0.2) is 4.79 Å². The Kier molecular flexibility index (Phi) is 3.32. The third-order valence-corrected chi connectivity index (χ3v) is 3.31. The molecule has 2 N–H and O–H groups in total. The Hall–Kier alpha value is -1.88. The molecule has 0 aliphatic rings. The maximum absolute atomic E-state index is 12.2. The maximum atomic E-state index is 12.2. The zero-order chi connectivity index (χ0) is 14.2. The van der Waals surface area contributed by atoms with E-state index in [2.05, 4.69) is 0 Å². The lowest BCUT2D eigenvalue weighted by Crippen LogP contribution is -2.26. The molecule has 0 saturated carbocycles. The topological polar surface area (TPSA) is 78.2 Å². The van der Waals surface area contributed by atoms with Crippen LogP contribution >= 0.6 is 0 Å². The predicted octanol–water partition coefficient (Wildman–Crippen LogP) is 1.69. The molecule has 0 fully saturated rings. The fourth-order valence-corrected chi connectivity index (χ4v) is 1.92. The lowest BCUT2D eigenvalue weighted by Gasteiger charge is -2.20. The predicted molar refractivity (Wildman–Crippen MR) is 73.2 cm³/mol. The summed E-state index contributed by atoms with van der Waals surface area (Å²) in [6.45, 7) is 4.35. The van der Waals surface area contributed by atoms with Gasteiger partial charge in [0.25, 0.3) is 0 Å². The molecule has 0 spiro atoms. The Balaban J connectivity index is 2.36. The summed E-state index contributed by atoms with van der Waals surface area (Å²) in [5.41, 5.74) is 7.06. The molecule has 1 aromatic carbocycles. The minimum absolute atomic E-state index is 0.00357. The molecular weight excluding hydrogens is 244 g/mol. The molecule has 0 unspecified atom stereocenters. The molecule has 0 radical (unpaired) electrons. The zero-order valence-electron chi connectivity index (χ0n) is 11.4. The van der Waals surface area contributed by atoms with Gasteiger partial charge in [0.05, 0.1) is 5.52 Å². The summed E-state index contributed by atoms with van der Waals surface area (Å²) in [7, 11) is 1.63. The van der Waals surface area contributed by atoms with Gasteiger partial charge >= 0.3 is 5.76 Å².